The Labute approximate surface area is 160 Å². The highest BCUT2D eigenvalue weighted by Gasteiger charge is 2.33. The maximum absolute atomic E-state index is 13.0. The van der Waals surface area contributed by atoms with Crippen LogP contribution in [0.1, 0.15) is 16.7 Å². The molecule has 3 rings (SSSR count). The lowest BCUT2D eigenvalue weighted by Crippen LogP contribution is -2.25. The fourth-order valence-electron chi connectivity index (χ4n) is 2.80. The number of aryl methyl sites for hydroxylation is 1. The number of sulfonamides is 1. The monoisotopic (exact) mass is 414 g/mol. The van der Waals surface area contributed by atoms with E-state index >= 15 is 0 Å². The summed E-state index contributed by atoms with van der Waals surface area (Å²) >= 11 is 0. The van der Waals surface area contributed by atoms with E-state index in [-0.39, 0.29) is 18.7 Å². The number of alkyl halides is 3. The first-order chi connectivity index (χ1) is 13.1. The molecule has 0 unspecified atom stereocenters. The second kappa shape index (κ2) is 7.44. The highest BCUT2D eigenvalue weighted by atomic mass is 32.2. The van der Waals surface area contributed by atoms with Crippen molar-refractivity contribution in [2.24, 2.45) is 0 Å². The highest BCUT2D eigenvalue weighted by Crippen LogP contribution is 2.33. The van der Waals surface area contributed by atoms with E-state index in [9.17, 15) is 26.4 Å². The van der Waals surface area contributed by atoms with Crippen molar-refractivity contribution in [2.75, 3.05) is 18.1 Å². The van der Waals surface area contributed by atoms with Crippen LogP contribution in [0.3, 0.4) is 0 Å². The molecule has 1 fully saturated rings. The van der Waals surface area contributed by atoms with E-state index in [2.05, 4.69) is 4.72 Å². The summed E-state index contributed by atoms with van der Waals surface area (Å²) in [7, 11) is -4.16. The number of halogens is 3. The van der Waals surface area contributed by atoms with Crippen molar-refractivity contribution >= 4 is 21.8 Å². The molecule has 0 bridgehead atoms. The predicted molar refractivity (Wildman–Crippen MR) is 95.3 cm³/mol. The number of anilines is 1. The second-order valence-corrected chi connectivity index (χ2v) is 8.00. The summed E-state index contributed by atoms with van der Waals surface area (Å²) in [5.41, 5.74) is 0.0411. The van der Waals surface area contributed by atoms with Gasteiger partial charge in [-0.25, -0.2) is 17.9 Å². The van der Waals surface area contributed by atoms with E-state index in [0.717, 1.165) is 12.1 Å². The van der Waals surface area contributed by atoms with E-state index in [0.29, 0.717) is 23.9 Å². The van der Waals surface area contributed by atoms with E-state index in [1.165, 1.54) is 11.8 Å². The fourth-order valence-corrected chi connectivity index (χ4v) is 3.84. The van der Waals surface area contributed by atoms with Gasteiger partial charge in [0.25, 0.3) is 0 Å². The third kappa shape index (κ3) is 4.28. The SMILES string of the molecule is Cc1ccc(S(=O)(=O)NCc2cccc(N3CCOC3=O)c2)cc1C(F)(F)F. The predicted octanol–water partition coefficient (Wildman–Crippen LogP) is 3.45. The number of hydrogen-bond acceptors (Lipinski definition) is 4. The molecule has 0 saturated carbocycles. The average molecular weight is 414 g/mol. The van der Waals surface area contributed by atoms with Crippen LogP contribution in [0.2, 0.25) is 0 Å². The molecule has 2 aromatic carbocycles. The molecule has 2 aromatic rings. The van der Waals surface area contributed by atoms with Gasteiger partial charge in [-0.1, -0.05) is 18.2 Å². The third-order valence-corrected chi connectivity index (χ3v) is 5.67. The van der Waals surface area contributed by atoms with Crippen LogP contribution in [-0.2, 0) is 27.5 Å². The molecule has 0 aliphatic carbocycles. The molecular formula is C18H17F3N2O4S. The third-order valence-electron chi connectivity index (χ3n) is 4.27. The van der Waals surface area contributed by atoms with Crippen LogP contribution in [0.4, 0.5) is 23.7 Å². The molecule has 1 aliphatic rings. The number of nitrogens with one attached hydrogen (secondary N) is 1. The van der Waals surface area contributed by atoms with Gasteiger partial charge in [0, 0.05) is 12.2 Å². The summed E-state index contributed by atoms with van der Waals surface area (Å²) in [5.74, 6) is 0. The van der Waals surface area contributed by atoms with Crippen molar-refractivity contribution < 1.29 is 31.1 Å². The maximum Gasteiger partial charge on any atom is 0.416 e. The Morgan fingerprint density at radius 2 is 1.93 bits per heavy atom. The van der Waals surface area contributed by atoms with Crippen LogP contribution in [0, 0.1) is 6.92 Å². The first-order valence-electron chi connectivity index (χ1n) is 8.29. The van der Waals surface area contributed by atoms with E-state index < -0.39 is 32.8 Å². The van der Waals surface area contributed by atoms with Crippen LogP contribution in [0.15, 0.2) is 47.4 Å². The summed E-state index contributed by atoms with van der Waals surface area (Å²) < 4.78 is 71.1. The highest BCUT2D eigenvalue weighted by molar-refractivity contribution is 7.89. The van der Waals surface area contributed by atoms with Crippen molar-refractivity contribution in [3.63, 3.8) is 0 Å². The molecule has 10 heteroatoms. The Hall–Kier alpha value is -2.59. The van der Waals surface area contributed by atoms with Crippen LogP contribution < -0.4 is 9.62 Å². The van der Waals surface area contributed by atoms with E-state index in [4.69, 9.17) is 4.74 Å². The lowest BCUT2D eigenvalue weighted by molar-refractivity contribution is -0.138. The minimum absolute atomic E-state index is 0.0587. The molecule has 28 heavy (non-hydrogen) atoms. The largest absolute Gasteiger partial charge is 0.447 e. The molecule has 1 heterocycles. The second-order valence-electron chi connectivity index (χ2n) is 6.23. The molecule has 0 atom stereocenters. The minimum atomic E-state index is -4.64. The molecule has 1 aliphatic heterocycles. The van der Waals surface area contributed by atoms with Crippen LogP contribution in [-0.4, -0.2) is 27.7 Å². The lowest BCUT2D eigenvalue weighted by atomic mass is 10.1. The maximum atomic E-state index is 13.0. The molecule has 0 spiro atoms. The number of hydrogen-bond donors (Lipinski definition) is 1. The van der Waals surface area contributed by atoms with Gasteiger partial charge < -0.3 is 4.74 Å². The zero-order valence-electron chi connectivity index (χ0n) is 14.8. The van der Waals surface area contributed by atoms with Gasteiger partial charge >= 0.3 is 12.3 Å². The Kier molecular flexibility index (Phi) is 5.35. The van der Waals surface area contributed by atoms with Crippen molar-refractivity contribution in [1.82, 2.24) is 4.72 Å². The zero-order valence-corrected chi connectivity index (χ0v) is 15.6. The zero-order chi connectivity index (χ0) is 20.5. The van der Waals surface area contributed by atoms with Gasteiger partial charge in [-0.15, -0.1) is 0 Å². The van der Waals surface area contributed by atoms with Gasteiger partial charge in [0.15, 0.2) is 0 Å². The number of carbonyl (C=O) groups is 1. The van der Waals surface area contributed by atoms with Crippen molar-refractivity contribution in [2.45, 2.75) is 24.5 Å². The number of benzene rings is 2. The lowest BCUT2D eigenvalue weighted by Gasteiger charge is -2.15. The Balaban J connectivity index is 1.78. The van der Waals surface area contributed by atoms with Gasteiger partial charge in [0.1, 0.15) is 6.61 Å². The van der Waals surface area contributed by atoms with Crippen LogP contribution in [0.25, 0.3) is 0 Å². The summed E-state index contributed by atoms with van der Waals surface area (Å²) in [6.07, 6.45) is -5.13. The summed E-state index contributed by atoms with van der Waals surface area (Å²) in [6.45, 7) is 1.78. The standard InChI is InChI=1S/C18H17F3N2O4S/c1-12-5-6-15(10-16(12)18(19,20)21)28(25,26)22-11-13-3-2-4-14(9-13)23-7-8-27-17(23)24/h2-6,9-10,22H,7-8,11H2,1H3. The molecule has 0 aromatic heterocycles. The molecular weight excluding hydrogens is 397 g/mol. The van der Waals surface area contributed by atoms with Crippen molar-refractivity contribution in [1.29, 1.82) is 0 Å². The van der Waals surface area contributed by atoms with Gasteiger partial charge in [-0.05, 0) is 42.3 Å². The summed E-state index contributed by atoms with van der Waals surface area (Å²) in [4.78, 5) is 12.6. The van der Waals surface area contributed by atoms with Gasteiger partial charge in [0.2, 0.25) is 10.0 Å². The van der Waals surface area contributed by atoms with Crippen LogP contribution in [0.5, 0.6) is 0 Å². The Bertz CT molecular complexity index is 1010. The first-order valence-corrected chi connectivity index (χ1v) is 9.77. The van der Waals surface area contributed by atoms with E-state index in [1.807, 2.05) is 0 Å². The van der Waals surface area contributed by atoms with E-state index in [1.54, 1.807) is 24.3 Å². The van der Waals surface area contributed by atoms with Crippen molar-refractivity contribution in [3.8, 4) is 0 Å². The quantitative estimate of drug-likeness (QED) is 0.813. The topological polar surface area (TPSA) is 75.7 Å². The first kappa shape index (κ1) is 20.2. The Morgan fingerprint density at radius 1 is 1.18 bits per heavy atom. The van der Waals surface area contributed by atoms with Gasteiger partial charge in [-0.2, -0.15) is 13.2 Å². The van der Waals surface area contributed by atoms with Crippen LogP contribution >= 0.6 is 0 Å². The molecule has 1 saturated heterocycles. The summed E-state index contributed by atoms with van der Waals surface area (Å²) in [6, 6.07) is 9.46. The van der Waals surface area contributed by atoms with Crippen molar-refractivity contribution in [3.05, 3.63) is 59.2 Å². The number of rotatable bonds is 5. The number of amides is 1. The number of nitrogens with zero attached hydrogens (tertiary/aromatic N) is 1. The molecule has 1 amide bonds. The average Bonchev–Trinajstić information content (AvgIpc) is 3.05. The van der Waals surface area contributed by atoms with Gasteiger partial charge in [-0.3, -0.25) is 4.90 Å². The molecule has 0 radical (unpaired) electrons. The minimum Gasteiger partial charge on any atom is -0.447 e. The summed E-state index contributed by atoms with van der Waals surface area (Å²) in [5, 5.41) is 0. The number of carbonyl (C=O) groups excluding carboxylic acids is 1. The molecule has 6 nitrogen and oxygen atoms in total. The number of cyclic esters (lactones) is 1. The molecule has 150 valence electrons. The normalized spacial score (nSPS) is 15.0. The number of ether oxygens (including phenoxy) is 1. The Morgan fingerprint density at radius 3 is 2.57 bits per heavy atom. The fraction of sp³-hybridized carbons (Fsp3) is 0.278. The molecule has 1 N–H and O–H groups in total. The smallest absolute Gasteiger partial charge is 0.416 e. The van der Waals surface area contributed by atoms with Gasteiger partial charge in [0.05, 0.1) is 17.0 Å².